The highest BCUT2D eigenvalue weighted by Gasteiger charge is 2.47. The van der Waals surface area contributed by atoms with E-state index in [1.54, 1.807) is 129 Å². The van der Waals surface area contributed by atoms with Crippen LogP contribution in [-0.4, -0.2) is 298 Å². The number of carbonyl (C=O) groups excluding carboxylic acids is 10. The van der Waals surface area contributed by atoms with Crippen molar-refractivity contribution >= 4 is 114 Å². The summed E-state index contributed by atoms with van der Waals surface area (Å²) in [5.74, 6) is -3.09. The first kappa shape index (κ1) is 117. The Bertz CT molecular complexity index is 4660. The molecule has 0 spiro atoms. The Hall–Kier alpha value is -9.02. The number of methoxy groups -OCH3 is 4. The van der Waals surface area contributed by atoms with Gasteiger partial charge in [0.2, 0.25) is 47.3 Å². The summed E-state index contributed by atoms with van der Waals surface area (Å²) in [6.45, 7) is 31.7. The molecule has 2 aliphatic heterocycles. The van der Waals surface area contributed by atoms with Crippen LogP contribution < -0.4 is 26.6 Å². The minimum absolute atomic E-state index is 0.0148. The topological polar surface area (TPSA) is 399 Å². The van der Waals surface area contributed by atoms with Crippen molar-refractivity contribution in [1.29, 1.82) is 0 Å². The number of ether oxygens (including phenoxy) is 6. The van der Waals surface area contributed by atoms with E-state index in [0.29, 0.717) is 72.6 Å². The zero-order chi connectivity index (χ0) is 101. The molecule has 760 valence electrons. The lowest BCUT2D eigenvalue weighted by molar-refractivity contribution is -0.148. The monoisotopic (exact) mass is 1980 g/mol. The van der Waals surface area contributed by atoms with Gasteiger partial charge in [0.1, 0.15) is 52.4 Å². The van der Waals surface area contributed by atoms with E-state index in [1.807, 2.05) is 192 Å². The zero-order valence-corrected chi connectivity index (χ0v) is 87.8. The molecule has 0 unspecified atom stereocenters. The number of carbonyl (C=O) groups is 10. The Labute approximate surface area is 827 Å². The zero-order valence-electron chi connectivity index (χ0n) is 84.5. The van der Waals surface area contributed by atoms with Gasteiger partial charge in [0.15, 0.2) is 0 Å². The summed E-state index contributed by atoms with van der Waals surface area (Å²) < 4.78 is 35.8. The number of hydrogen-bond acceptors (Lipinski definition) is 27. The molecule has 20 atom stereocenters. The second-order valence-corrected chi connectivity index (χ2v) is 41.5. The Morgan fingerprint density at radius 1 is 0.474 bits per heavy atom. The van der Waals surface area contributed by atoms with Crippen molar-refractivity contribution < 1.29 is 86.6 Å². The number of aliphatic hydroxyl groups excluding tert-OH is 2. The maximum absolute atomic E-state index is 14.5. The number of para-hydroxylation sites is 1. The van der Waals surface area contributed by atoms with Crippen LogP contribution in [0.15, 0.2) is 144 Å². The van der Waals surface area contributed by atoms with E-state index < -0.39 is 115 Å². The average molecular weight is 1980 g/mol. The summed E-state index contributed by atoms with van der Waals surface area (Å²) in [5.41, 5.74) is 2.71. The molecule has 8 rings (SSSR count). The number of hydrogen-bond donors (Lipinski definition) is 7. The fourth-order valence-corrected chi connectivity index (χ4v) is 21.0. The molecule has 2 fully saturated rings. The number of aromatic nitrogens is 5. The number of pyridine rings is 2. The summed E-state index contributed by atoms with van der Waals surface area (Å²) in [5, 5.41) is 46.1. The number of fused-ring (bicyclic) bond motifs is 1. The second-order valence-electron chi connectivity index (χ2n) is 36.6. The highest BCUT2D eigenvalue weighted by Crippen LogP contribution is 2.36. The van der Waals surface area contributed by atoms with Crippen molar-refractivity contribution in [2.45, 2.75) is 269 Å². The van der Waals surface area contributed by atoms with Crippen molar-refractivity contribution in [2.75, 3.05) is 94.4 Å². The van der Waals surface area contributed by atoms with Crippen molar-refractivity contribution in [3.63, 3.8) is 0 Å². The molecule has 2 aliphatic rings. The van der Waals surface area contributed by atoms with E-state index >= 15 is 0 Å². The standard InChI is InChI=1S/C47H74N6O9S2.C39H67N5O7.C14H12N4O2S2/c1-13-31(6)41(36(60-11)28-38(54)53-25-19-22-35(53)43(61-12)32(7)44(56)49-33(8)42(55)34-20-15-14-16-21-34)51(9)46(58)39(29(2)3)50-45(57)40(30(4)5)52(10)47(59)62-26-27-63-64-37-23-17-18-24-48-37;1-13-25(6)34(43(10)39(49)33(24(4)5)42-38(48)32(40-9)23(2)3)30(50-11)22-31(45)44-21-17-20-29(44)36(51-12)26(7)37(47)41-27(8)35(46)28-18-15-14-16-19-28;19-14(18-12-6-2-1-5-11(12)16-17-18)20-9-10-21-22-13-7-3-4-8-15-13/h14-18,20-21,23-24,29-33,35-36,39-43,55H,13,19,22,25-28H2,1-12H3,(H,49,56)(H,50,57);14-16,18-19,23-27,29-30,32-36,40,46H,13,17,20-22H2,1-12H3,(H,41,47)(H,42,48);1-8H,9-10H2/t31-,32+,33+,35-,36+,39-,40-,41-,42+,43+;25-,26+,27+,29-,30+,32-,33-,34-,35+,36+;/m00./s1. The number of amides is 9. The van der Waals surface area contributed by atoms with Crippen molar-refractivity contribution in [3.8, 4) is 0 Å². The normalized spacial score (nSPS) is 17.7. The van der Waals surface area contributed by atoms with Crippen LogP contribution in [0.1, 0.15) is 185 Å². The molecule has 0 bridgehead atoms. The Kier molecular flexibility index (Phi) is 50.7. The lowest BCUT2D eigenvalue weighted by Gasteiger charge is -2.41. The fourth-order valence-electron chi connectivity index (χ4n) is 17.6. The van der Waals surface area contributed by atoms with Gasteiger partial charge in [0.25, 0.3) is 0 Å². The maximum atomic E-state index is 14.5. The highest BCUT2D eigenvalue weighted by atomic mass is 33.1. The first-order valence-corrected chi connectivity index (χ1v) is 52.3. The molecule has 37 heteroatoms. The van der Waals surface area contributed by atoms with Crippen LogP contribution in [0.5, 0.6) is 0 Å². The van der Waals surface area contributed by atoms with Gasteiger partial charge in [-0.05, 0) is 151 Å². The summed E-state index contributed by atoms with van der Waals surface area (Å²) in [7, 11) is 19.0. The summed E-state index contributed by atoms with van der Waals surface area (Å²) in [6, 6.07) is 31.1. The second kappa shape index (κ2) is 59.5. The van der Waals surface area contributed by atoms with Gasteiger partial charge in [0, 0.05) is 86.6 Å². The molecule has 0 saturated carbocycles. The largest absolute Gasteiger partial charge is 0.448 e. The van der Waals surface area contributed by atoms with Gasteiger partial charge >= 0.3 is 12.2 Å². The first-order valence-electron chi connectivity index (χ1n) is 47.7. The van der Waals surface area contributed by atoms with Gasteiger partial charge in [0.05, 0.1) is 104 Å². The van der Waals surface area contributed by atoms with E-state index in [0.717, 1.165) is 29.3 Å². The SMILES string of the molecule is CC[C@H](C)[C@@H]([C@@H](CC(=O)N1CCC[C@H]1[C@H](OC)[C@@H](C)C(=O)N[C@H](C)[C@@H](O)c1ccccc1)OC)N(C)C(=O)[C@@H](NC(=O)[C@@H](NC)C(C)C)C(C)C.CC[C@H](C)[C@@H]([C@@H](CC(=O)N1CCC[C@H]1[C@H](OC)[C@@H](C)C(=O)N[C@H](C)[C@@H](O)c1ccccc1)OC)N(C)C(=O)[C@@H](NC(=O)[C@H](C(C)C)N(C)C(=O)OCCSSc1ccccn1)C(C)C.O=C(OCCSSc1ccccn1)n1nnc2ccccc21. The number of likely N-dealkylation sites (tertiary alicyclic amines) is 2. The number of benzene rings is 3. The Morgan fingerprint density at radius 2 is 0.876 bits per heavy atom. The van der Waals surface area contributed by atoms with E-state index in [-0.39, 0.29) is 108 Å². The van der Waals surface area contributed by atoms with Crippen LogP contribution in [0.3, 0.4) is 0 Å². The average Bonchev–Trinajstić information content (AvgIpc) is 1.79. The predicted octanol–water partition coefficient (Wildman–Crippen LogP) is 13.0. The first-order chi connectivity index (χ1) is 65.3. The number of nitrogens with zero attached hydrogens (tertiary/aromatic N) is 10. The van der Waals surface area contributed by atoms with Gasteiger partial charge < -0.3 is 84.8 Å². The molecule has 33 nitrogen and oxygen atoms in total. The highest BCUT2D eigenvalue weighted by molar-refractivity contribution is 8.77. The summed E-state index contributed by atoms with van der Waals surface area (Å²) >= 11 is 0. The third-order valence-corrected chi connectivity index (χ3v) is 30.1. The molecule has 5 heterocycles. The molecule has 137 heavy (non-hydrogen) atoms. The van der Waals surface area contributed by atoms with E-state index in [4.69, 9.17) is 28.4 Å². The lowest BCUT2D eigenvalue weighted by atomic mass is 9.89. The van der Waals surface area contributed by atoms with Gasteiger partial charge in [-0.1, -0.05) is 222 Å². The third-order valence-electron chi connectivity index (χ3n) is 25.7. The van der Waals surface area contributed by atoms with E-state index in [9.17, 15) is 58.2 Å². The van der Waals surface area contributed by atoms with Crippen LogP contribution in [0.25, 0.3) is 11.0 Å². The molecule has 7 N–H and O–H groups in total. The lowest BCUT2D eigenvalue weighted by Crippen LogP contribution is -2.60. The number of likely N-dealkylation sites (N-methyl/N-ethyl adjacent to an activating group) is 4. The molecule has 9 amide bonds. The third kappa shape index (κ3) is 34.2. The number of nitrogens with one attached hydrogen (secondary N) is 5. The Balaban J connectivity index is 0.000000348. The number of rotatable bonds is 50. The minimum atomic E-state index is -0.947. The van der Waals surface area contributed by atoms with Crippen LogP contribution in [0.2, 0.25) is 0 Å². The summed E-state index contributed by atoms with van der Waals surface area (Å²) in [6.07, 6.45) is 2.25. The molecule has 6 aromatic rings. The van der Waals surface area contributed by atoms with E-state index in [2.05, 4.69) is 46.9 Å². The van der Waals surface area contributed by atoms with E-state index in [1.165, 1.54) is 52.4 Å². The smallest absolute Gasteiger partial charge is 0.436 e. The quantitative estimate of drug-likeness (QED) is 0.0138. The molecule has 2 saturated heterocycles. The minimum Gasteiger partial charge on any atom is -0.448 e. The summed E-state index contributed by atoms with van der Waals surface area (Å²) in [4.78, 5) is 153. The van der Waals surface area contributed by atoms with Crippen molar-refractivity contribution in [3.05, 3.63) is 145 Å². The molecule has 0 radical (unpaired) electrons. The maximum Gasteiger partial charge on any atom is 0.436 e. The van der Waals surface area contributed by atoms with Gasteiger partial charge in [-0.25, -0.2) is 19.6 Å². The van der Waals surface area contributed by atoms with Crippen molar-refractivity contribution in [2.24, 2.45) is 47.3 Å². The molecule has 0 aliphatic carbocycles. The fraction of sp³-hybridized carbons (Fsp3) is 0.620. The van der Waals surface area contributed by atoms with Crippen LogP contribution >= 0.6 is 43.2 Å². The van der Waals surface area contributed by atoms with Crippen LogP contribution in [-0.2, 0) is 66.8 Å². The molecular formula is C100H153N15O18S4. The van der Waals surface area contributed by atoms with Crippen LogP contribution in [0.4, 0.5) is 9.59 Å². The van der Waals surface area contributed by atoms with Gasteiger partial charge in [-0.15, -0.1) is 9.78 Å². The molecule has 3 aromatic carbocycles. The van der Waals surface area contributed by atoms with Gasteiger partial charge in [-0.2, -0.15) is 0 Å². The molecule has 3 aromatic heterocycles. The predicted molar refractivity (Wildman–Crippen MR) is 539 cm³/mol. The van der Waals surface area contributed by atoms with Gasteiger partial charge in [-0.3, -0.25) is 43.3 Å². The van der Waals surface area contributed by atoms with Crippen LogP contribution in [0, 0.1) is 47.3 Å². The number of aliphatic hydroxyl groups is 2. The Morgan fingerprint density at radius 3 is 1.26 bits per heavy atom. The molecular weight excluding hydrogens is 1830 g/mol. The van der Waals surface area contributed by atoms with Crippen molar-refractivity contribution in [1.82, 2.24) is 76.0 Å².